The number of halogens is 1. The van der Waals surface area contributed by atoms with Crippen LogP contribution in [0.1, 0.15) is 33.1 Å². The molecular formula is C15H28IN3O2. The van der Waals surface area contributed by atoms with Crippen LogP contribution in [0.3, 0.4) is 0 Å². The summed E-state index contributed by atoms with van der Waals surface area (Å²) >= 11 is 0. The van der Waals surface area contributed by atoms with Crippen LogP contribution in [0.4, 0.5) is 0 Å². The van der Waals surface area contributed by atoms with Crippen LogP contribution in [0.25, 0.3) is 0 Å². The van der Waals surface area contributed by atoms with Crippen LogP contribution in [0, 0.1) is 5.92 Å². The molecule has 3 rings (SSSR count). The van der Waals surface area contributed by atoms with Crippen LogP contribution < -0.4 is 5.32 Å². The molecule has 4 atom stereocenters. The smallest absolute Gasteiger partial charge is 0.194 e. The third-order valence-corrected chi connectivity index (χ3v) is 4.50. The van der Waals surface area contributed by atoms with Crippen molar-refractivity contribution in [3.05, 3.63) is 0 Å². The number of nitrogens with one attached hydrogen (secondary N) is 1. The fourth-order valence-corrected chi connectivity index (χ4v) is 3.06. The van der Waals surface area contributed by atoms with Gasteiger partial charge in [0, 0.05) is 32.3 Å². The average Bonchev–Trinajstić information content (AvgIpc) is 2.96. The van der Waals surface area contributed by atoms with Crippen LogP contribution in [0.15, 0.2) is 4.99 Å². The Hall–Kier alpha value is -0.0800. The highest BCUT2D eigenvalue weighted by atomic mass is 127. The Morgan fingerprint density at radius 1 is 1.29 bits per heavy atom. The Kier molecular flexibility index (Phi) is 6.55. The first-order valence-electron chi connectivity index (χ1n) is 8.07. The number of aliphatic imine (C=N–C) groups is 1. The van der Waals surface area contributed by atoms with Gasteiger partial charge in [-0.15, -0.1) is 24.0 Å². The van der Waals surface area contributed by atoms with Crippen molar-refractivity contribution < 1.29 is 9.47 Å². The van der Waals surface area contributed by atoms with Crippen molar-refractivity contribution in [3.8, 4) is 0 Å². The van der Waals surface area contributed by atoms with E-state index in [1.165, 1.54) is 6.42 Å². The number of hydrogen-bond acceptors (Lipinski definition) is 3. The Morgan fingerprint density at radius 2 is 2.05 bits per heavy atom. The molecule has 0 radical (unpaired) electrons. The quantitative estimate of drug-likeness (QED) is 0.439. The molecule has 0 spiro atoms. The summed E-state index contributed by atoms with van der Waals surface area (Å²) < 4.78 is 11.7. The van der Waals surface area contributed by atoms with E-state index in [-0.39, 0.29) is 36.2 Å². The van der Waals surface area contributed by atoms with Gasteiger partial charge in [-0.1, -0.05) is 6.92 Å². The molecule has 2 aliphatic heterocycles. The van der Waals surface area contributed by atoms with Gasteiger partial charge in [0.25, 0.3) is 0 Å². The molecule has 1 N–H and O–H groups in total. The highest BCUT2D eigenvalue weighted by Gasteiger charge is 2.36. The van der Waals surface area contributed by atoms with Gasteiger partial charge < -0.3 is 19.7 Å². The maximum absolute atomic E-state index is 5.91. The summed E-state index contributed by atoms with van der Waals surface area (Å²) in [7, 11) is 0. The number of hydrogen-bond donors (Lipinski definition) is 1. The van der Waals surface area contributed by atoms with E-state index in [1.807, 2.05) is 0 Å². The maximum atomic E-state index is 5.91. The lowest BCUT2D eigenvalue weighted by Crippen LogP contribution is -2.53. The first-order valence-corrected chi connectivity index (χ1v) is 8.07. The second-order valence-corrected chi connectivity index (χ2v) is 6.17. The summed E-state index contributed by atoms with van der Waals surface area (Å²) in [6.07, 6.45) is 4.04. The van der Waals surface area contributed by atoms with Crippen LogP contribution in [0.2, 0.25) is 0 Å². The van der Waals surface area contributed by atoms with Gasteiger partial charge in [-0.2, -0.15) is 0 Å². The van der Waals surface area contributed by atoms with Gasteiger partial charge in [0.15, 0.2) is 5.96 Å². The molecule has 1 saturated carbocycles. The lowest BCUT2D eigenvalue weighted by atomic mass is 10.1. The topological polar surface area (TPSA) is 46.1 Å². The first kappa shape index (κ1) is 17.3. The third-order valence-electron chi connectivity index (χ3n) is 4.50. The largest absolute Gasteiger partial charge is 0.375 e. The molecule has 0 aromatic heterocycles. The maximum Gasteiger partial charge on any atom is 0.194 e. The van der Waals surface area contributed by atoms with Gasteiger partial charge in [-0.3, -0.25) is 4.99 Å². The molecule has 4 unspecified atom stereocenters. The van der Waals surface area contributed by atoms with Gasteiger partial charge in [0.2, 0.25) is 0 Å². The van der Waals surface area contributed by atoms with E-state index >= 15 is 0 Å². The molecule has 5 nitrogen and oxygen atoms in total. The predicted molar refractivity (Wildman–Crippen MR) is 94.4 cm³/mol. The number of rotatable bonds is 3. The van der Waals surface area contributed by atoms with Crippen molar-refractivity contribution in [3.63, 3.8) is 0 Å². The molecule has 2 heterocycles. The molecule has 2 saturated heterocycles. The number of guanidine groups is 1. The number of nitrogens with zero attached hydrogens (tertiary/aromatic N) is 2. The SMILES string of the molecule is CCN=C(NC1CC1C)N1CCOC(C2CCCO2)C1.I. The summed E-state index contributed by atoms with van der Waals surface area (Å²) in [5, 5.41) is 3.60. The first-order chi connectivity index (χ1) is 9.78. The molecule has 1 aliphatic carbocycles. The molecule has 122 valence electrons. The molecule has 0 aromatic carbocycles. The molecule has 6 heteroatoms. The van der Waals surface area contributed by atoms with Crippen molar-refractivity contribution >= 4 is 29.9 Å². The fraction of sp³-hybridized carbons (Fsp3) is 0.933. The average molecular weight is 409 g/mol. The summed E-state index contributed by atoms with van der Waals surface area (Å²) in [4.78, 5) is 7.01. The fourth-order valence-electron chi connectivity index (χ4n) is 3.06. The van der Waals surface area contributed by atoms with E-state index in [4.69, 9.17) is 9.47 Å². The highest BCUT2D eigenvalue weighted by molar-refractivity contribution is 14.0. The predicted octanol–water partition coefficient (Wildman–Crippen LogP) is 1.86. The zero-order chi connectivity index (χ0) is 13.9. The standard InChI is InChI=1S/C15H27N3O2.HI/c1-3-16-15(17-12-9-11(12)2)18-6-8-20-14(10-18)13-5-4-7-19-13;/h11-14H,3-10H2,1-2H3,(H,16,17);1H. The minimum Gasteiger partial charge on any atom is -0.375 e. The zero-order valence-electron chi connectivity index (χ0n) is 13.1. The summed E-state index contributed by atoms with van der Waals surface area (Å²) in [5.41, 5.74) is 0. The van der Waals surface area contributed by atoms with Crippen molar-refractivity contribution in [2.75, 3.05) is 32.8 Å². The van der Waals surface area contributed by atoms with Crippen molar-refractivity contribution in [2.45, 2.75) is 51.4 Å². The van der Waals surface area contributed by atoms with Crippen LogP contribution >= 0.6 is 24.0 Å². The Labute approximate surface area is 144 Å². The van der Waals surface area contributed by atoms with E-state index in [1.54, 1.807) is 0 Å². The molecule has 3 fully saturated rings. The van der Waals surface area contributed by atoms with E-state index < -0.39 is 0 Å². The lowest BCUT2D eigenvalue weighted by Gasteiger charge is -2.37. The summed E-state index contributed by atoms with van der Waals surface area (Å²) in [6, 6.07) is 0.615. The van der Waals surface area contributed by atoms with Gasteiger partial charge in [0.05, 0.1) is 12.7 Å². The molecular weight excluding hydrogens is 381 g/mol. The molecule has 21 heavy (non-hydrogen) atoms. The Morgan fingerprint density at radius 3 is 2.67 bits per heavy atom. The second-order valence-electron chi connectivity index (χ2n) is 6.17. The van der Waals surface area contributed by atoms with Crippen LogP contribution in [-0.4, -0.2) is 62.0 Å². The van der Waals surface area contributed by atoms with Crippen molar-refractivity contribution in [1.29, 1.82) is 0 Å². The van der Waals surface area contributed by atoms with E-state index in [9.17, 15) is 0 Å². The van der Waals surface area contributed by atoms with E-state index in [0.29, 0.717) is 6.04 Å². The van der Waals surface area contributed by atoms with Crippen LogP contribution in [0.5, 0.6) is 0 Å². The minimum absolute atomic E-state index is 0. The number of morpholine rings is 1. The zero-order valence-corrected chi connectivity index (χ0v) is 15.4. The molecule has 0 amide bonds. The second kappa shape index (κ2) is 7.97. The highest BCUT2D eigenvalue weighted by Crippen LogP contribution is 2.29. The Bertz CT molecular complexity index is 361. The summed E-state index contributed by atoms with van der Waals surface area (Å²) in [5.74, 6) is 1.85. The molecule has 3 aliphatic rings. The summed E-state index contributed by atoms with van der Waals surface area (Å²) in [6.45, 7) is 8.69. The monoisotopic (exact) mass is 409 g/mol. The minimum atomic E-state index is 0. The lowest BCUT2D eigenvalue weighted by molar-refractivity contribution is -0.0817. The van der Waals surface area contributed by atoms with Gasteiger partial charge in [-0.25, -0.2) is 0 Å². The van der Waals surface area contributed by atoms with E-state index in [0.717, 1.165) is 57.6 Å². The molecule has 0 aromatic rings. The van der Waals surface area contributed by atoms with Crippen molar-refractivity contribution in [2.24, 2.45) is 10.9 Å². The van der Waals surface area contributed by atoms with E-state index in [2.05, 4.69) is 29.1 Å². The Balaban J connectivity index is 0.00000161. The van der Waals surface area contributed by atoms with Crippen LogP contribution in [-0.2, 0) is 9.47 Å². The van der Waals surface area contributed by atoms with Gasteiger partial charge >= 0.3 is 0 Å². The molecule has 0 bridgehead atoms. The normalized spacial score (nSPS) is 36.3. The van der Waals surface area contributed by atoms with Crippen molar-refractivity contribution in [1.82, 2.24) is 10.2 Å². The number of ether oxygens (including phenoxy) is 2. The van der Waals surface area contributed by atoms with Gasteiger partial charge in [0.1, 0.15) is 6.10 Å². The van der Waals surface area contributed by atoms with Gasteiger partial charge in [-0.05, 0) is 32.1 Å². The third kappa shape index (κ3) is 4.45.